The Kier molecular flexibility index (Phi) is 5.24. The highest BCUT2D eigenvalue weighted by Gasteiger charge is 2.40. The molecule has 2 aliphatic heterocycles. The van der Waals surface area contributed by atoms with Crippen LogP contribution in [0.1, 0.15) is 43.5 Å². The Bertz CT molecular complexity index is 748. The van der Waals surface area contributed by atoms with E-state index in [2.05, 4.69) is 29.7 Å². The number of likely N-dealkylation sites (tertiary alicyclic amines) is 2. The van der Waals surface area contributed by atoms with Gasteiger partial charge in [-0.3, -0.25) is 9.69 Å². The van der Waals surface area contributed by atoms with Crippen LogP contribution in [0.25, 0.3) is 0 Å². The number of rotatable bonds is 6. The summed E-state index contributed by atoms with van der Waals surface area (Å²) < 4.78 is 6.88. The molecule has 2 saturated heterocycles. The van der Waals surface area contributed by atoms with Gasteiger partial charge in [-0.2, -0.15) is 0 Å². The number of amides is 1. The third kappa shape index (κ3) is 4.21. The van der Waals surface area contributed by atoms with E-state index in [4.69, 9.17) is 4.63 Å². The lowest BCUT2D eigenvalue weighted by atomic mass is 9.72. The van der Waals surface area contributed by atoms with Gasteiger partial charge in [-0.1, -0.05) is 10.3 Å². The van der Waals surface area contributed by atoms with Gasteiger partial charge in [-0.15, -0.1) is 0 Å². The second-order valence-electron chi connectivity index (χ2n) is 8.04. The van der Waals surface area contributed by atoms with Crippen molar-refractivity contribution in [1.82, 2.24) is 29.7 Å². The Morgan fingerprint density at radius 3 is 2.74 bits per heavy atom. The number of hydrogen-bond donors (Lipinski definition) is 0. The summed E-state index contributed by atoms with van der Waals surface area (Å²) >= 11 is 0. The molecule has 146 valence electrons. The Balaban J connectivity index is 1.28. The van der Waals surface area contributed by atoms with Crippen LogP contribution in [0, 0.1) is 12.3 Å². The third-order valence-corrected chi connectivity index (χ3v) is 6.19. The fourth-order valence-electron chi connectivity index (χ4n) is 4.37. The lowest BCUT2D eigenvalue weighted by Crippen LogP contribution is -2.51. The van der Waals surface area contributed by atoms with Crippen molar-refractivity contribution in [3.63, 3.8) is 0 Å². The van der Waals surface area contributed by atoms with Crippen molar-refractivity contribution in [3.8, 4) is 0 Å². The molecular weight excluding hydrogens is 344 g/mol. The molecular formula is C19H28N6O2. The van der Waals surface area contributed by atoms with Crippen LogP contribution in [0.15, 0.2) is 23.4 Å². The number of aryl methyl sites for hydroxylation is 2. The summed E-state index contributed by atoms with van der Waals surface area (Å²) in [6, 6.07) is 0. The molecule has 8 nitrogen and oxygen atoms in total. The van der Waals surface area contributed by atoms with Crippen LogP contribution in [-0.2, 0) is 17.9 Å². The number of carbonyl (C=O) groups excluding carboxylic acids is 1. The Morgan fingerprint density at radius 1 is 1.19 bits per heavy atom. The predicted octanol–water partition coefficient (Wildman–Crippen LogP) is 1.87. The van der Waals surface area contributed by atoms with Crippen LogP contribution >= 0.6 is 0 Å². The van der Waals surface area contributed by atoms with Crippen LogP contribution in [0.2, 0.25) is 0 Å². The summed E-state index contributed by atoms with van der Waals surface area (Å²) in [7, 11) is 0. The van der Waals surface area contributed by atoms with Crippen LogP contribution in [0.5, 0.6) is 0 Å². The highest BCUT2D eigenvalue weighted by Crippen LogP contribution is 2.40. The number of hydrogen-bond acceptors (Lipinski definition) is 6. The topological polar surface area (TPSA) is 80.3 Å². The molecule has 8 heteroatoms. The first-order valence-corrected chi connectivity index (χ1v) is 9.87. The number of nitrogens with zero attached hydrogens (tertiary/aromatic N) is 6. The van der Waals surface area contributed by atoms with Gasteiger partial charge < -0.3 is 9.47 Å². The molecule has 1 spiro atoms. The molecule has 0 saturated carbocycles. The zero-order valence-corrected chi connectivity index (χ0v) is 16.0. The molecule has 0 aromatic carbocycles. The minimum absolute atomic E-state index is 0.288. The van der Waals surface area contributed by atoms with Gasteiger partial charge in [-0.05, 0) is 51.1 Å². The van der Waals surface area contributed by atoms with Gasteiger partial charge in [-0.25, -0.2) is 9.61 Å². The summed E-state index contributed by atoms with van der Waals surface area (Å²) in [5, 5.41) is 7.87. The van der Waals surface area contributed by atoms with E-state index in [9.17, 15) is 4.79 Å². The third-order valence-electron chi connectivity index (χ3n) is 6.19. The van der Waals surface area contributed by atoms with Gasteiger partial charge >= 0.3 is 0 Å². The van der Waals surface area contributed by atoms with E-state index in [1.807, 2.05) is 19.4 Å². The molecule has 0 radical (unpaired) electrons. The summed E-state index contributed by atoms with van der Waals surface area (Å²) in [5.41, 5.74) is 2.10. The molecule has 0 atom stereocenters. The molecule has 2 fully saturated rings. The van der Waals surface area contributed by atoms with Crippen LogP contribution in [0.4, 0.5) is 0 Å². The van der Waals surface area contributed by atoms with E-state index in [0.717, 1.165) is 76.3 Å². The molecule has 2 aliphatic rings. The second-order valence-corrected chi connectivity index (χ2v) is 8.04. The maximum atomic E-state index is 12.4. The zero-order chi connectivity index (χ0) is 18.7. The van der Waals surface area contributed by atoms with Crippen molar-refractivity contribution in [2.75, 3.05) is 26.2 Å². The van der Waals surface area contributed by atoms with Crippen molar-refractivity contribution < 1.29 is 9.42 Å². The van der Waals surface area contributed by atoms with Crippen molar-refractivity contribution in [2.24, 2.45) is 5.41 Å². The van der Waals surface area contributed by atoms with E-state index < -0.39 is 0 Å². The van der Waals surface area contributed by atoms with Gasteiger partial charge in [0.25, 0.3) is 0 Å². The molecule has 2 aromatic heterocycles. The Hall–Kier alpha value is -2.22. The quantitative estimate of drug-likeness (QED) is 0.770. The van der Waals surface area contributed by atoms with E-state index in [-0.39, 0.29) is 5.41 Å². The Morgan fingerprint density at radius 2 is 2.04 bits per heavy atom. The summed E-state index contributed by atoms with van der Waals surface area (Å²) in [5.74, 6) is 0.318. The average Bonchev–Trinajstić information content (AvgIpc) is 3.33. The molecule has 4 heterocycles. The monoisotopic (exact) mass is 372 g/mol. The first kappa shape index (κ1) is 18.2. The molecule has 4 rings (SSSR count). The largest absolute Gasteiger partial charge is 0.342 e. The van der Waals surface area contributed by atoms with E-state index in [1.165, 1.54) is 0 Å². The van der Waals surface area contributed by atoms with Gasteiger partial charge in [0, 0.05) is 45.0 Å². The van der Waals surface area contributed by atoms with Crippen LogP contribution in [0.3, 0.4) is 0 Å². The zero-order valence-electron chi connectivity index (χ0n) is 16.0. The van der Waals surface area contributed by atoms with E-state index in [1.54, 1.807) is 6.20 Å². The SMILES string of the molecule is Cc1nonc1CN1CCC2(CCC(=O)N(CCCn3ccnc3)C2)CC1. The summed E-state index contributed by atoms with van der Waals surface area (Å²) in [4.78, 5) is 21.0. The number of carbonyl (C=O) groups is 1. The maximum Gasteiger partial charge on any atom is 0.222 e. The van der Waals surface area contributed by atoms with Crippen LogP contribution < -0.4 is 0 Å². The highest BCUT2D eigenvalue weighted by molar-refractivity contribution is 5.77. The average molecular weight is 372 g/mol. The Labute approximate surface area is 159 Å². The van der Waals surface area contributed by atoms with Gasteiger partial charge in [0.1, 0.15) is 11.4 Å². The fraction of sp³-hybridized carbons (Fsp3) is 0.684. The van der Waals surface area contributed by atoms with E-state index >= 15 is 0 Å². The van der Waals surface area contributed by atoms with Crippen LogP contribution in [-0.4, -0.2) is 61.8 Å². The first-order valence-electron chi connectivity index (χ1n) is 9.87. The fourth-order valence-corrected chi connectivity index (χ4v) is 4.37. The lowest BCUT2D eigenvalue weighted by molar-refractivity contribution is -0.139. The lowest BCUT2D eigenvalue weighted by Gasteiger charge is -2.47. The number of aromatic nitrogens is 4. The summed E-state index contributed by atoms with van der Waals surface area (Å²) in [6.45, 7) is 7.49. The summed E-state index contributed by atoms with van der Waals surface area (Å²) in [6.07, 6.45) is 10.6. The molecule has 2 aromatic rings. The van der Waals surface area contributed by atoms with Gasteiger partial charge in [0.15, 0.2) is 0 Å². The standard InChI is InChI=1S/C19H28N6O2/c1-16-17(22-27-21-16)13-23-10-5-19(6-11-23)4-3-18(26)25(14-19)9-2-8-24-12-7-20-15-24/h7,12,15H,2-6,8-11,13-14H2,1H3. The smallest absolute Gasteiger partial charge is 0.222 e. The molecule has 27 heavy (non-hydrogen) atoms. The van der Waals surface area contributed by atoms with Crippen molar-refractivity contribution in [3.05, 3.63) is 30.1 Å². The second kappa shape index (κ2) is 7.80. The van der Waals surface area contributed by atoms with Gasteiger partial charge in [0.05, 0.1) is 6.33 Å². The van der Waals surface area contributed by atoms with E-state index in [0.29, 0.717) is 12.3 Å². The van der Waals surface area contributed by atoms with Crippen molar-refractivity contribution in [2.45, 2.75) is 52.1 Å². The minimum Gasteiger partial charge on any atom is -0.342 e. The highest BCUT2D eigenvalue weighted by atomic mass is 16.6. The normalized spacial score (nSPS) is 20.5. The van der Waals surface area contributed by atoms with Crippen molar-refractivity contribution >= 4 is 5.91 Å². The van der Waals surface area contributed by atoms with Gasteiger partial charge in [0.2, 0.25) is 5.91 Å². The number of imidazole rings is 1. The minimum atomic E-state index is 0.288. The number of piperidine rings is 2. The van der Waals surface area contributed by atoms with Crippen molar-refractivity contribution in [1.29, 1.82) is 0 Å². The molecule has 1 amide bonds. The molecule has 0 aliphatic carbocycles. The molecule has 0 bridgehead atoms. The molecule has 0 unspecified atom stereocenters. The predicted molar refractivity (Wildman–Crippen MR) is 98.6 cm³/mol. The molecule has 0 N–H and O–H groups in total. The first-order chi connectivity index (χ1) is 13.1. The maximum absolute atomic E-state index is 12.4.